The predicted octanol–water partition coefficient (Wildman–Crippen LogP) is 2.69. The average molecular weight is 421 g/mol. The molecule has 0 aromatic heterocycles. The lowest BCUT2D eigenvalue weighted by Gasteiger charge is -2.43. The summed E-state index contributed by atoms with van der Waals surface area (Å²) in [5.74, 6) is 0.406. The Balaban J connectivity index is 1.60. The number of sulfonamides is 1. The number of nitrogens with one attached hydrogen (secondary N) is 1. The summed E-state index contributed by atoms with van der Waals surface area (Å²) in [7, 11) is -3.74. The van der Waals surface area contributed by atoms with Crippen molar-refractivity contribution in [3.63, 3.8) is 0 Å². The predicted molar refractivity (Wildman–Crippen MR) is 111 cm³/mol. The van der Waals surface area contributed by atoms with Crippen LogP contribution in [0.5, 0.6) is 0 Å². The molecule has 1 saturated heterocycles. The van der Waals surface area contributed by atoms with Crippen molar-refractivity contribution in [2.45, 2.75) is 70.4 Å². The fourth-order valence-corrected chi connectivity index (χ4v) is 7.71. The summed E-state index contributed by atoms with van der Waals surface area (Å²) in [5.41, 5.74) is 1.12. The molecule has 6 nitrogen and oxygen atoms in total. The van der Waals surface area contributed by atoms with Gasteiger partial charge in [0.2, 0.25) is 10.0 Å². The smallest absolute Gasteiger partial charge is 0.251 e. The Hall–Kier alpha value is -1.44. The highest BCUT2D eigenvalue weighted by molar-refractivity contribution is 7.89. The number of fused-ring (bicyclic) bond motifs is 2. The van der Waals surface area contributed by atoms with Gasteiger partial charge in [-0.2, -0.15) is 4.31 Å². The van der Waals surface area contributed by atoms with Crippen LogP contribution in [-0.4, -0.2) is 49.0 Å². The highest BCUT2D eigenvalue weighted by Crippen LogP contribution is 2.62. The van der Waals surface area contributed by atoms with E-state index in [2.05, 4.69) is 26.1 Å². The highest BCUT2D eigenvalue weighted by Gasteiger charge is 2.59. The number of aliphatic hydroxyl groups excluding tert-OH is 1. The van der Waals surface area contributed by atoms with Gasteiger partial charge >= 0.3 is 0 Å². The van der Waals surface area contributed by atoms with Crippen LogP contribution < -0.4 is 5.32 Å². The van der Waals surface area contributed by atoms with Crippen molar-refractivity contribution in [2.24, 2.45) is 16.7 Å². The molecular formula is C22H32N2O4S. The summed E-state index contributed by atoms with van der Waals surface area (Å²) in [6.07, 6.45) is 3.28. The third kappa shape index (κ3) is 3.31. The second-order valence-electron chi connectivity index (χ2n) is 10.1. The van der Waals surface area contributed by atoms with E-state index in [1.807, 2.05) is 0 Å². The van der Waals surface area contributed by atoms with Crippen molar-refractivity contribution in [2.75, 3.05) is 13.1 Å². The van der Waals surface area contributed by atoms with Crippen LogP contribution in [0.4, 0.5) is 0 Å². The van der Waals surface area contributed by atoms with E-state index in [1.165, 1.54) is 16.8 Å². The number of carbonyl (C=O) groups excluding carboxylic acids is 1. The Labute approximate surface area is 173 Å². The van der Waals surface area contributed by atoms with Crippen LogP contribution in [0.3, 0.4) is 0 Å². The first kappa shape index (κ1) is 20.8. The molecule has 29 heavy (non-hydrogen) atoms. The maximum Gasteiger partial charge on any atom is 0.251 e. The standard InChI is InChI=1S/C22H32N2O4S/c1-14-5-6-15(11-18(14)29(27,28)24-10-8-17(25)13-24)19(26)23-20-21(2,3)16-7-9-22(20,4)12-16/h5-6,11,16-17,20,25H,7-10,12-13H2,1-4H3,(H,23,26)/t16-,17+,20?,22-/m1/s1. The summed E-state index contributed by atoms with van der Waals surface area (Å²) in [5, 5.41) is 13.0. The molecule has 1 heterocycles. The van der Waals surface area contributed by atoms with Gasteiger partial charge in [-0.1, -0.05) is 26.8 Å². The van der Waals surface area contributed by atoms with E-state index in [-0.39, 0.29) is 34.2 Å². The Kier molecular flexibility index (Phi) is 4.87. The van der Waals surface area contributed by atoms with Crippen molar-refractivity contribution < 1.29 is 18.3 Å². The molecular weight excluding hydrogens is 388 g/mol. The first-order valence-electron chi connectivity index (χ1n) is 10.5. The van der Waals surface area contributed by atoms with Crippen LogP contribution in [0.1, 0.15) is 62.4 Å². The maximum absolute atomic E-state index is 13.1. The Morgan fingerprint density at radius 3 is 2.55 bits per heavy atom. The molecule has 1 unspecified atom stereocenters. The Bertz CT molecular complexity index is 937. The lowest BCUT2D eigenvalue weighted by Crippen LogP contribution is -2.52. The van der Waals surface area contributed by atoms with E-state index in [0.29, 0.717) is 30.0 Å². The number of aliphatic hydroxyl groups is 1. The second-order valence-corrected chi connectivity index (χ2v) is 12.0. The summed E-state index contributed by atoms with van der Waals surface area (Å²) in [6.45, 7) is 8.87. The van der Waals surface area contributed by atoms with Crippen LogP contribution >= 0.6 is 0 Å². The van der Waals surface area contributed by atoms with Crippen molar-refractivity contribution in [1.29, 1.82) is 0 Å². The van der Waals surface area contributed by atoms with Crippen LogP contribution in [0.25, 0.3) is 0 Å². The van der Waals surface area contributed by atoms with Crippen LogP contribution in [0.2, 0.25) is 0 Å². The number of carbonyl (C=O) groups is 1. The number of hydrogen-bond donors (Lipinski definition) is 2. The molecule has 3 aliphatic rings. The van der Waals surface area contributed by atoms with Crippen LogP contribution in [0, 0.1) is 23.7 Å². The zero-order chi connectivity index (χ0) is 21.2. The molecule has 1 aromatic carbocycles. The van der Waals surface area contributed by atoms with Gasteiger partial charge in [0.1, 0.15) is 0 Å². The molecule has 2 aliphatic carbocycles. The van der Waals surface area contributed by atoms with E-state index >= 15 is 0 Å². The third-order valence-corrected chi connectivity index (χ3v) is 9.75. The van der Waals surface area contributed by atoms with Gasteiger partial charge < -0.3 is 10.4 Å². The second kappa shape index (κ2) is 6.79. The molecule has 7 heteroatoms. The van der Waals surface area contributed by atoms with E-state index < -0.39 is 16.1 Å². The molecule has 1 aromatic rings. The number of rotatable bonds is 4. The quantitative estimate of drug-likeness (QED) is 0.784. The Morgan fingerprint density at radius 2 is 1.97 bits per heavy atom. The van der Waals surface area contributed by atoms with Gasteiger partial charge in [0.05, 0.1) is 11.0 Å². The van der Waals surface area contributed by atoms with Gasteiger partial charge in [0, 0.05) is 24.7 Å². The number of aryl methyl sites for hydroxylation is 1. The molecule has 4 rings (SSSR count). The molecule has 1 aliphatic heterocycles. The normalized spacial score (nSPS) is 33.9. The van der Waals surface area contributed by atoms with Crippen LogP contribution in [0.15, 0.2) is 23.1 Å². The third-order valence-electron chi connectivity index (χ3n) is 7.74. The molecule has 0 spiro atoms. The van der Waals surface area contributed by atoms with Gasteiger partial charge in [-0.3, -0.25) is 4.79 Å². The van der Waals surface area contributed by atoms with Crippen molar-refractivity contribution in [3.05, 3.63) is 29.3 Å². The van der Waals surface area contributed by atoms with Gasteiger partial charge in [0.25, 0.3) is 5.91 Å². The van der Waals surface area contributed by atoms with Gasteiger partial charge in [-0.05, 0) is 67.1 Å². The zero-order valence-corrected chi connectivity index (χ0v) is 18.6. The molecule has 2 N–H and O–H groups in total. The molecule has 0 radical (unpaired) electrons. The summed E-state index contributed by atoms with van der Waals surface area (Å²) in [6, 6.07) is 4.97. The van der Waals surface area contributed by atoms with E-state index in [4.69, 9.17) is 0 Å². The lowest BCUT2D eigenvalue weighted by atomic mass is 9.68. The number of hydrogen-bond acceptors (Lipinski definition) is 4. The number of nitrogens with zero attached hydrogens (tertiary/aromatic N) is 1. The summed E-state index contributed by atoms with van der Waals surface area (Å²) in [4.78, 5) is 13.3. The van der Waals surface area contributed by atoms with E-state index in [0.717, 1.165) is 12.8 Å². The minimum Gasteiger partial charge on any atom is -0.392 e. The van der Waals surface area contributed by atoms with Crippen molar-refractivity contribution >= 4 is 15.9 Å². The van der Waals surface area contributed by atoms with E-state index in [1.54, 1.807) is 19.1 Å². The zero-order valence-electron chi connectivity index (χ0n) is 17.7. The first-order chi connectivity index (χ1) is 13.4. The topological polar surface area (TPSA) is 86.7 Å². The van der Waals surface area contributed by atoms with Gasteiger partial charge in [-0.15, -0.1) is 0 Å². The minimum atomic E-state index is -3.74. The molecule has 160 valence electrons. The fourth-order valence-electron chi connectivity index (χ4n) is 5.96. The highest BCUT2D eigenvalue weighted by atomic mass is 32.2. The van der Waals surface area contributed by atoms with E-state index in [9.17, 15) is 18.3 Å². The summed E-state index contributed by atoms with van der Waals surface area (Å²) < 4.78 is 27.4. The SMILES string of the molecule is Cc1ccc(C(=O)NC2C(C)(C)[C@@H]3CC[C@]2(C)C3)cc1S(=O)(=O)N1CC[C@H](O)C1. The summed E-state index contributed by atoms with van der Waals surface area (Å²) >= 11 is 0. The van der Waals surface area contributed by atoms with Gasteiger partial charge in [-0.25, -0.2) is 8.42 Å². The largest absolute Gasteiger partial charge is 0.392 e. The Morgan fingerprint density at radius 1 is 1.24 bits per heavy atom. The minimum absolute atomic E-state index is 0.0357. The molecule has 2 saturated carbocycles. The lowest BCUT2D eigenvalue weighted by molar-refractivity contribution is 0.0737. The molecule has 4 atom stereocenters. The molecule has 2 bridgehead atoms. The number of amides is 1. The van der Waals surface area contributed by atoms with Gasteiger partial charge in [0.15, 0.2) is 0 Å². The molecule has 3 fully saturated rings. The molecule has 1 amide bonds. The van der Waals surface area contributed by atoms with Crippen LogP contribution in [-0.2, 0) is 10.0 Å². The number of β-amino-alcohol motifs (C(OH)–C–C–N with tert-alkyl or cyclic N) is 1. The maximum atomic E-state index is 13.1. The first-order valence-corrected chi connectivity index (χ1v) is 12.0. The number of benzene rings is 1. The monoisotopic (exact) mass is 420 g/mol. The van der Waals surface area contributed by atoms with Crippen molar-refractivity contribution in [1.82, 2.24) is 9.62 Å². The van der Waals surface area contributed by atoms with Crippen molar-refractivity contribution in [3.8, 4) is 0 Å². The average Bonchev–Trinajstić information content (AvgIpc) is 3.30. The fraction of sp³-hybridized carbons (Fsp3) is 0.682.